The monoisotopic (exact) mass is 154 g/mol. The van der Waals surface area contributed by atoms with E-state index in [1.54, 1.807) is 6.07 Å². The van der Waals surface area contributed by atoms with E-state index in [0.29, 0.717) is 5.56 Å². The summed E-state index contributed by atoms with van der Waals surface area (Å²) in [6, 6.07) is 3.85. The normalized spacial score (nSPS) is 9.18. The minimum absolute atomic E-state index is 0.00361. The lowest BCUT2D eigenvalue weighted by atomic mass is 10.2. The van der Waals surface area contributed by atoms with Gasteiger partial charge in [-0.2, -0.15) is 19.0 Å². The molecule has 0 spiro atoms. The van der Waals surface area contributed by atoms with Crippen LogP contribution in [0.25, 0.3) is 0 Å². The van der Waals surface area contributed by atoms with Gasteiger partial charge in [0.1, 0.15) is 0 Å². The summed E-state index contributed by atoms with van der Waals surface area (Å²) in [7, 11) is 0. The van der Waals surface area contributed by atoms with Gasteiger partial charge in [0, 0.05) is 0 Å². The van der Waals surface area contributed by atoms with Gasteiger partial charge < -0.3 is 0 Å². The second-order valence-corrected chi connectivity index (χ2v) is 1.96. The predicted octanol–water partition coefficient (Wildman–Crippen LogP) is 1.43. The number of hydrogen-bond donors (Lipinski definition) is 0. The quantitative estimate of drug-likeness (QED) is 0.573. The van der Waals surface area contributed by atoms with E-state index in [2.05, 4.69) is 4.98 Å². The first-order valence-corrected chi connectivity index (χ1v) is 2.91. The molecule has 0 amide bonds. The Bertz CT molecular complexity index is 284. The van der Waals surface area contributed by atoms with E-state index in [1.165, 1.54) is 0 Å². The molecule has 4 heteroatoms. The van der Waals surface area contributed by atoms with Crippen molar-refractivity contribution in [2.75, 3.05) is 0 Å². The summed E-state index contributed by atoms with van der Waals surface area (Å²) in [4.78, 5) is 2.87. The molecule has 0 aliphatic rings. The van der Waals surface area contributed by atoms with Gasteiger partial charge in [-0.3, -0.25) is 0 Å². The Labute approximate surface area is 62.1 Å². The maximum Gasteiger partial charge on any atom is 0.215 e. The minimum Gasteiger partial charge on any atom is -0.198 e. The Hall–Kier alpha value is -1.50. The molecule has 1 aromatic heterocycles. The van der Waals surface area contributed by atoms with Gasteiger partial charge in [-0.05, 0) is 17.7 Å². The Morgan fingerprint density at radius 2 is 1.91 bits per heavy atom. The Morgan fingerprint density at radius 1 is 1.36 bits per heavy atom. The zero-order valence-electron chi connectivity index (χ0n) is 5.51. The first-order chi connectivity index (χ1) is 5.22. The van der Waals surface area contributed by atoms with Gasteiger partial charge in [0.15, 0.2) is 0 Å². The van der Waals surface area contributed by atoms with Crippen molar-refractivity contribution in [2.24, 2.45) is 0 Å². The number of rotatable bonds is 1. The molecule has 0 radical (unpaired) electrons. The maximum atomic E-state index is 12.3. The number of nitriles is 1. The molecule has 1 aromatic rings. The van der Waals surface area contributed by atoms with Crippen molar-refractivity contribution in [1.82, 2.24) is 4.98 Å². The molecule has 0 unspecified atom stereocenters. The molecule has 1 rings (SSSR count). The van der Waals surface area contributed by atoms with Crippen LogP contribution in [-0.4, -0.2) is 4.98 Å². The lowest BCUT2D eigenvalue weighted by Gasteiger charge is -1.93. The van der Waals surface area contributed by atoms with Crippen LogP contribution in [0.1, 0.15) is 5.56 Å². The highest BCUT2D eigenvalue weighted by atomic mass is 19.1. The van der Waals surface area contributed by atoms with Crippen LogP contribution < -0.4 is 0 Å². The second-order valence-electron chi connectivity index (χ2n) is 1.96. The SMILES string of the molecule is N#CCc1cc(F)nc(F)c1. The van der Waals surface area contributed by atoms with Gasteiger partial charge >= 0.3 is 0 Å². The molecule has 56 valence electrons. The first-order valence-electron chi connectivity index (χ1n) is 2.91. The zero-order chi connectivity index (χ0) is 8.27. The molecule has 0 aliphatic carbocycles. The average molecular weight is 154 g/mol. The van der Waals surface area contributed by atoms with Crippen LogP contribution in [0, 0.1) is 23.2 Å². The molecule has 1 heterocycles. The van der Waals surface area contributed by atoms with Gasteiger partial charge in [-0.15, -0.1) is 0 Å². The molecular weight excluding hydrogens is 150 g/mol. The van der Waals surface area contributed by atoms with Crippen LogP contribution in [-0.2, 0) is 6.42 Å². The second kappa shape index (κ2) is 3.06. The molecule has 0 saturated carbocycles. The lowest BCUT2D eigenvalue weighted by Crippen LogP contribution is -1.91. The summed E-state index contributed by atoms with van der Waals surface area (Å²) < 4.78 is 24.6. The third kappa shape index (κ3) is 1.97. The lowest BCUT2D eigenvalue weighted by molar-refractivity contribution is 0.510. The largest absolute Gasteiger partial charge is 0.215 e. The molecule has 2 nitrogen and oxygen atoms in total. The maximum absolute atomic E-state index is 12.3. The number of aromatic nitrogens is 1. The molecular formula is C7H4F2N2. The van der Waals surface area contributed by atoms with Crippen LogP contribution in [0.3, 0.4) is 0 Å². The third-order valence-electron chi connectivity index (χ3n) is 1.11. The van der Waals surface area contributed by atoms with Crippen LogP contribution in [0.5, 0.6) is 0 Å². The van der Waals surface area contributed by atoms with Crippen molar-refractivity contribution >= 4 is 0 Å². The highest BCUT2D eigenvalue weighted by molar-refractivity contribution is 5.15. The summed E-state index contributed by atoms with van der Waals surface area (Å²) in [6.07, 6.45) is -0.00361. The van der Waals surface area contributed by atoms with E-state index in [0.717, 1.165) is 12.1 Å². The summed E-state index contributed by atoms with van der Waals surface area (Å²) >= 11 is 0. The van der Waals surface area contributed by atoms with Gasteiger partial charge in [-0.25, -0.2) is 0 Å². The Kier molecular flexibility index (Phi) is 2.12. The molecule has 0 aliphatic heterocycles. The highest BCUT2D eigenvalue weighted by Gasteiger charge is 2.00. The fourth-order valence-corrected chi connectivity index (χ4v) is 0.708. The van der Waals surface area contributed by atoms with Gasteiger partial charge in [0.05, 0.1) is 12.5 Å². The average Bonchev–Trinajstić information content (AvgIpc) is 1.85. The van der Waals surface area contributed by atoms with Crippen molar-refractivity contribution in [3.8, 4) is 6.07 Å². The van der Waals surface area contributed by atoms with Crippen molar-refractivity contribution in [1.29, 1.82) is 5.26 Å². The van der Waals surface area contributed by atoms with Crippen LogP contribution in [0.2, 0.25) is 0 Å². The Morgan fingerprint density at radius 3 is 2.36 bits per heavy atom. The van der Waals surface area contributed by atoms with Gasteiger partial charge in [0.2, 0.25) is 11.9 Å². The summed E-state index contributed by atoms with van der Waals surface area (Å²) in [5.74, 6) is -1.79. The van der Waals surface area contributed by atoms with Gasteiger partial charge in [0.25, 0.3) is 0 Å². The molecule has 0 fully saturated rings. The van der Waals surface area contributed by atoms with Crippen molar-refractivity contribution in [2.45, 2.75) is 6.42 Å². The minimum atomic E-state index is -0.893. The van der Waals surface area contributed by atoms with E-state index in [-0.39, 0.29) is 6.42 Å². The molecule has 0 atom stereocenters. The molecule has 0 saturated heterocycles. The van der Waals surface area contributed by atoms with Crippen molar-refractivity contribution in [3.05, 3.63) is 29.6 Å². The number of nitrogens with zero attached hydrogens (tertiary/aromatic N) is 2. The van der Waals surface area contributed by atoms with E-state index in [9.17, 15) is 8.78 Å². The summed E-state index contributed by atoms with van der Waals surface area (Å²) in [6.45, 7) is 0. The highest BCUT2D eigenvalue weighted by Crippen LogP contribution is 2.03. The molecule has 11 heavy (non-hydrogen) atoms. The fourth-order valence-electron chi connectivity index (χ4n) is 0.708. The zero-order valence-corrected chi connectivity index (χ0v) is 5.51. The first kappa shape index (κ1) is 7.61. The van der Waals surface area contributed by atoms with Gasteiger partial charge in [-0.1, -0.05) is 0 Å². The predicted molar refractivity (Wildman–Crippen MR) is 33.5 cm³/mol. The van der Waals surface area contributed by atoms with Crippen molar-refractivity contribution in [3.63, 3.8) is 0 Å². The number of pyridine rings is 1. The standard InChI is InChI=1S/C7H4F2N2/c8-6-3-5(1-2-10)4-7(9)11-6/h3-4H,1H2. The third-order valence-corrected chi connectivity index (χ3v) is 1.11. The smallest absolute Gasteiger partial charge is 0.198 e. The topological polar surface area (TPSA) is 36.7 Å². The van der Waals surface area contributed by atoms with E-state index in [1.807, 2.05) is 0 Å². The van der Waals surface area contributed by atoms with E-state index >= 15 is 0 Å². The number of hydrogen-bond acceptors (Lipinski definition) is 2. The Balaban J connectivity index is 3.01. The summed E-state index contributed by atoms with van der Waals surface area (Å²) in [5, 5.41) is 8.19. The van der Waals surface area contributed by atoms with Crippen LogP contribution >= 0.6 is 0 Å². The van der Waals surface area contributed by atoms with E-state index < -0.39 is 11.9 Å². The molecule has 0 aromatic carbocycles. The van der Waals surface area contributed by atoms with Crippen LogP contribution in [0.15, 0.2) is 12.1 Å². The molecule has 0 N–H and O–H groups in total. The van der Waals surface area contributed by atoms with E-state index in [4.69, 9.17) is 5.26 Å². The van der Waals surface area contributed by atoms with Crippen molar-refractivity contribution < 1.29 is 8.78 Å². The fraction of sp³-hybridized carbons (Fsp3) is 0.143. The molecule has 0 bridgehead atoms. The number of halogens is 2. The summed E-state index contributed by atoms with van der Waals surface area (Å²) in [5.41, 5.74) is 0.303. The van der Waals surface area contributed by atoms with Crippen LogP contribution in [0.4, 0.5) is 8.78 Å².